The van der Waals surface area contributed by atoms with Crippen molar-refractivity contribution >= 4 is 39.8 Å². The molecule has 0 aromatic carbocycles. The van der Waals surface area contributed by atoms with E-state index in [9.17, 15) is 4.79 Å². The summed E-state index contributed by atoms with van der Waals surface area (Å²) in [4.78, 5) is 30.4. The van der Waals surface area contributed by atoms with Gasteiger partial charge in [0.25, 0.3) is 5.91 Å². The fourth-order valence-electron chi connectivity index (χ4n) is 3.45. The van der Waals surface area contributed by atoms with Gasteiger partial charge in [-0.25, -0.2) is 9.97 Å². The summed E-state index contributed by atoms with van der Waals surface area (Å²) in [5, 5.41) is 12.5. The van der Waals surface area contributed by atoms with Crippen LogP contribution in [0.5, 0.6) is 0 Å². The second-order valence-electron chi connectivity index (χ2n) is 7.38. The normalized spacial score (nSPS) is 14.7. The summed E-state index contributed by atoms with van der Waals surface area (Å²) < 4.78 is 0. The highest BCUT2D eigenvalue weighted by Gasteiger charge is 2.16. The number of anilines is 2. The van der Waals surface area contributed by atoms with Crippen LogP contribution >= 0.6 is 11.3 Å². The summed E-state index contributed by atoms with van der Waals surface area (Å²) in [6.07, 6.45) is 5.00. The molecule has 0 aliphatic carbocycles. The Kier molecular flexibility index (Phi) is 5.23. The van der Waals surface area contributed by atoms with Crippen LogP contribution in [0.4, 0.5) is 11.6 Å². The second-order valence-corrected chi connectivity index (χ2v) is 8.21. The predicted octanol–water partition coefficient (Wildman–Crippen LogP) is 2.55. The molecule has 1 amide bonds. The Morgan fingerprint density at radius 1 is 1.03 bits per heavy atom. The Balaban J connectivity index is 1.31. The van der Waals surface area contributed by atoms with E-state index in [0.29, 0.717) is 11.4 Å². The van der Waals surface area contributed by atoms with Gasteiger partial charge in [-0.05, 0) is 31.3 Å². The standard InChI is InChI=1S/C21H20N8OS/c1-28-4-6-29(7-5-28)19-3-2-14(10-24-19)20(30)26-18-9-15-8-16(21-27-25-13-31-21)11-22-17(15)12-23-18/h2-3,8-13H,4-7H2,1H3,(H,23,26,30). The van der Waals surface area contributed by atoms with E-state index in [4.69, 9.17) is 0 Å². The number of nitrogens with zero attached hydrogens (tertiary/aromatic N) is 7. The van der Waals surface area contributed by atoms with Crippen molar-refractivity contribution in [3.63, 3.8) is 0 Å². The molecule has 0 bridgehead atoms. The van der Waals surface area contributed by atoms with Crippen molar-refractivity contribution in [2.45, 2.75) is 0 Å². The number of likely N-dealkylation sites (N-methyl/N-ethyl adjacent to an activating group) is 1. The van der Waals surface area contributed by atoms with Crippen LogP contribution in [0.15, 0.2) is 48.4 Å². The quantitative estimate of drug-likeness (QED) is 0.525. The monoisotopic (exact) mass is 432 g/mol. The maximum absolute atomic E-state index is 12.7. The highest BCUT2D eigenvalue weighted by Crippen LogP contribution is 2.24. The lowest BCUT2D eigenvalue weighted by Crippen LogP contribution is -2.44. The molecule has 0 radical (unpaired) electrons. The van der Waals surface area contributed by atoms with Crippen molar-refractivity contribution in [2.75, 3.05) is 43.4 Å². The summed E-state index contributed by atoms with van der Waals surface area (Å²) in [6.45, 7) is 3.88. The van der Waals surface area contributed by atoms with Crippen molar-refractivity contribution in [1.82, 2.24) is 30.0 Å². The highest BCUT2D eigenvalue weighted by molar-refractivity contribution is 7.12. The molecule has 5 rings (SSSR count). The van der Waals surface area contributed by atoms with Crippen LogP contribution in [0.1, 0.15) is 10.4 Å². The van der Waals surface area contributed by atoms with Gasteiger partial charge in [-0.1, -0.05) is 11.3 Å². The van der Waals surface area contributed by atoms with Gasteiger partial charge < -0.3 is 15.1 Å². The second kappa shape index (κ2) is 8.32. The summed E-state index contributed by atoms with van der Waals surface area (Å²) in [5.41, 5.74) is 3.79. The number of aromatic nitrogens is 5. The average Bonchev–Trinajstić information content (AvgIpc) is 3.34. The Labute approximate surface area is 182 Å². The first-order valence-electron chi connectivity index (χ1n) is 9.89. The number of pyridine rings is 3. The molecule has 4 aromatic rings. The number of fused-ring (bicyclic) bond motifs is 1. The topological polar surface area (TPSA) is 100 Å². The zero-order valence-corrected chi connectivity index (χ0v) is 17.7. The van der Waals surface area contributed by atoms with Crippen molar-refractivity contribution in [1.29, 1.82) is 0 Å². The maximum atomic E-state index is 12.7. The maximum Gasteiger partial charge on any atom is 0.258 e. The first kappa shape index (κ1) is 19.5. The Morgan fingerprint density at radius 2 is 1.90 bits per heavy atom. The minimum Gasteiger partial charge on any atom is -0.354 e. The molecule has 1 saturated heterocycles. The van der Waals surface area contributed by atoms with Crippen molar-refractivity contribution in [3.05, 3.63) is 53.9 Å². The van der Waals surface area contributed by atoms with Crippen LogP contribution in [0.2, 0.25) is 0 Å². The van der Waals surface area contributed by atoms with Crippen LogP contribution in [-0.4, -0.2) is 69.2 Å². The zero-order chi connectivity index (χ0) is 21.2. The number of hydrogen-bond acceptors (Lipinski definition) is 9. The minimum atomic E-state index is -0.252. The van der Waals surface area contributed by atoms with Crippen molar-refractivity contribution in [3.8, 4) is 10.6 Å². The molecule has 10 heteroatoms. The number of rotatable bonds is 4. The molecule has 5 heterocycles. The fourth-order valence-corrected chi connectivity index (χ4v) is 3.98. The predicted molar refractivity (Wildman–Crippen MR) is 120 cm³/mol. The van der Waals surface area contributed by atoms with Gasteiger partial charge in [-0.15, -0.1) is 10.2 Å². The van der Waals surface area contributed by atoms with Crippen LogP contribution in [-0.2, 0) is 0 Å². The van der Waals surface area contributed by atoms with Gasteiger partial charge >= 0.3 is 0 Å². The number of carbonyl (C=O) groups is 1. The Morgan fingerprint density at radius 3 is 2.65 bits per heavy atom. The molecule has 1 N–H and O–H groups in total. The smallest absolute Gasteiger partial charge is 0.258 e. The third-order valence-electron chi connectivity index (χ3n) is 5.25. The molecule has 0 spiro atoms. The van der Waals surface area contributed by atoms with Gasteiger partial charge in [0, 0.05) is 49.5 Å². The first-order valence-corrected chi connectivity index (χ1v) is 10.8. The van der Waals surface area contributed by atoms with E-state index < -0.39 is 0 Å². The first-order chi connectivity index (χ1) is 15.2. The SMILES string of the molecule is CN1CCN(c2ccc(C(=O)Nc3cc4cc(-c5nncs5)cnc4cn3)cn2)CC1. The zero-order valence-electron chi connectivity index (χ0n) is 16.9. The van der Waals surface area contributed by atoms with E-state index in [1.807, 2.05) is 12.1 Å². The molecule has 1 aliphatic rings. The van der Waals surface area contributed by atoms with Gasteiger partial charge in [-0.2, -0.15) is 0 Å². The van der Waals surface area contributed by atoms with E-state index in [1.54, 1.807) is 36.2 Å². The van der Waals surface area contributed by atoms with E-state index in [2.05, 4.69) is 47.3 Å². The lowest BCUT2D eigenvalue weighted by atomic mass is 10.2. The average molecular weight is 433 g/mol. The fraction of sp³-hybridized carbons (Fsp3) is 0.238. The summed E-state index contributed by atoms with van der Waals surface area (Å²) in [6, 6.07) is 7.46. The van der Waals surface area contributed by atoms with Crippen molar-refractivity contribution < 1.29 is 4.79 Å². The third-order valence-corrected chi connectivity index (χ3v) is 5.99. The summed E-state index contributed by atoms with van der Waals surface area (Å²) in [5.74, 6) is 1.10. The molecule has 4 aromatic heterocycles. The van der Waals surface area contributed by atoms with E-state index in [1.165, 1.54) is 11.3 Å². The van der Waals surface area contributed by atoms with Crippen LogP contribution in [0.3, 0.4) is 0 Å². The molecule has 1 fully saturated rings. The van der Waals surface area contributed by atoms with Gasteiger partial charge in [0.15, 0.2) is 0 Å². The van der Waals surface area contributed by atoms with Gasteiger partial charge in [0.2, 0.25) is 0 Å². The lowest BCUT2D eigenvalue weighted by molar-refractivity contribution is 0.102. The highest BCUT2D eigenvalue weighted by atomic mass is 32.1. The van der Waals surface area contributed by atoms with Crippen LogP contribution in [0.25, 0.3) is 21.5 Å². The largest absolute Gasteiger partial charge is 0.354 e. The van der Waals surface area contributed by atoms with Gasteiger partial charge in [0.1, 0.15) is 22.2 Å². The molecule has 0 saturated carbocycles. The molecule has 9 nitrogen and oxygen atoms in total. The summed E-state index contributed by atoms with van der Waals surface area (Å²) >= 11 is 1.45. The van der Waals surface area contributed by atoms with Crippen LogP contribution < -0.4 is 10.2 Å². The minimum absolute atomic E-state index is 0.252. The molecule has 31 heavy (non-hydrogen) atoms. The van der Waals surface area contributed by atoms with E-state index >= 15 is 0 Å². The lowest BCUT2D eigenvalue weighted by Gasteiger charge is -2.33. The van der Waals surface area contributed by atoms with E-state index in [-0.39, 0.29) is 5.91 Å². The van der Waals surface area contributed by atoms with E-state index in [0.717, 1.165) is 53.5 Å². The molecular weight excluding hydrogens is 412 g/mol. The number of amides is 1. The molecular formula is C21H20N8OS. The molecule has 0 atom stereocenters. The molecule has 0 unspecified atom stereocenters. The number of hydrogen-bond donors (Lipinski definition) is 1. The molecule has 1 aliphatic heterocycles. The van der Waals surface area contributed by atoms with Crippen LogP contribution in [0, 0.1) is 0 Å². The summed E-state index contributed by atoms with van der Waals surface area (Å²) in [7, 11) is 2.12. The Bertz CT molecular complexity index is 1200. The van der Waals surface area contributed by atoms with Gasteiger partial charge in [-0.3, -0.25) is 9.78 Å². The number of piperazine rings is 1. The third kappa shape index (κ3) is 4.21. The number of carbonyl (C=O) groups excluding carboxylic acids is 1. The van der Waals surface area contributed by atoms with Gasteiger partial charge in [0.05, 0.1) is 17.3 Å². The Hall–Kier alpha value is -3.50. The number of nitrogens with one attached hydrogen (secondary N) is 1. The molecule has 156 valence electrons. The van der Waals surface area contributed by atoms with Crippen molar-refractivity contribution in [2.24, 2.45) is 0 Å².